The van der Waals surface area contributed by atoms with Crippen molar-refractivity contribution in [3.8, 4) is 0 Å². The Balaban J connectivity index is 2.16. The maximum Gasteiger partial charge on any atom is 0.320 e. The molecule has 3 atom stereocenters. The number of benzene rings is 2. The lowest BCUT2D eigenvalue weighted by atomic mass is 10.0. The van der Waals surface area contributed by atoms with E-state index in [1.807, 2.05) is 62.4 Å². The summed E-state index contributed by atoms with van der Waals surface area (Å²) in [5, 5.41) is 17.8. The molecule has 0 saturated heterocycles. The molecule has 7 nitrogen and oxygen atoms in total. The molecule has 0 bridgehead atoms. The van der Waals surface area contributed by atoms with E-state index in [2.05, 4.69) is 16.0 Å². The number of nitrogens with one attached hydrogen (secondary N) is 3. The van der Waals surface area contributed by atoms with Crippen molar-refractivity contribution in [1.29, 1.82) is 0 Å². The standard InChI is InChI=1S/C24H31N3O4/c1-16(2)14-20(22(28)26-19-12-8-5-9-13-19)27-23(29)21(25-17(3)24(30)31)15-18-10-6-4-7-11-18/h4-13,16-17,20-21,25H,14-15H2,1-3H3,(H,26,28)(H,27,29)(H,30,31)/t17-,20+,21+/m1/s1. The summed E-state index contributed by atoms with van der Waals surface area (Å²) in [6.07, 6.45) is 0.760. The molecule has 0 saturated carbocycles. The molecule has 2 aromatic rings. The van der Waals surface area contributed by atoms with Crippen molar-refractivity contribution in [3.63, 3.8) is 0 Å². The zero-order valence-electron chi connectivity index (χ0n) is 18.2. The van der Waals surface area contributed by atoms with Gasteiger partial charge in [-0.25, -0.2) is 0 Å². The van der Waals surface area contributed by atoms with Crippen LogP contribution in [0.1, 0.15) is 32.8 Å². The van der Waals surface area contributed by atoms with E-state index in [-0.39, 0.29) is 11.8 Å². The van der Waals surface area contributed by atoms with Crippen LogP contribution in [0.3, 0.4) is 0 Å². The van der Waals surface area contributed by atoms with E-state index in [9.17, 15) is 19.5 Å². The Morgan fingerprint density at radius 3 is 1.97 bits per heavy atom. The first-order valence-corrected chi connectivity index (χ1v) is 10.4. The SMILES string of the molecule is CC(C)C[C@H](NC(=O)[C@H](Cc1ccccc1)N[C@H](C)C(=O)O)C(=O)Nc1ccccc1. The largest absolute Gasteiger partial charge is 0.480 e. The average molecular weight is 426 g/mol. The van der Waals surface area contributed by atoms with Gasteiger partial charge in [-0.3, -0.25) is 19.7 Å². The number of hydrogen-bond donors (Lipinski definition) is 4. The number of carbonyl (C=O) groups is 3. The second-order valence-electron chi connectivity index (χ2n) is 8.01. The van der Waals surface area contributed by atoms with Gasteiger partial charge in [0.15, 0.2) is 0 Å². The number of carboxylic acids is 1. The Bertz CT molecular complexity index is 856. The van der Waals surface area contributed by atoms with Crippen LogP contribution in [0, 0.1) is 5.92 Å². The van der Waals surface area contributed by atoms with Crippen molar-refractivity contribution in [2.45, 2.75) is 51.7 Å². The summed E-state index contributed by atoms with van der Waals surface area (Å²) in [6, 6.07) is 15.9. The van der Waals surface area contributed by atoms with Crippen LogP contribution in [-0.2, 0) is 20.8 Å². The topological polar surface area (TPSA) is 108 Å². The highest BCUT2D eigenvalue weighted by Gasteiger charge is 2.28. The normalized spacial score (nSPS) is 13.8. The van der Waals surface area contributed by atoms with Gasteiger partial charge in [-0.05, 0) is 43.4 Å². The molecule has 31 heavy (non-hydrogen) atoms. The number of anilines is 1. The van der Waals surface area contributed by atoms with Gasteiger partial charge in [-0.15, -0.1) is 0 Å². The first-order valence-electron chi connectivity index (χ1n) is 10.4. The van der Waals surface area contributed by atoms with Gasteiger partial charge in [-0.1, -0.05) is 62.4 Å². The lowest BCUT2D eigenvalue weighted by molar-refractivity contribution is -0.139. The summed E-state index contributed by atoms with van der Waals surface area (Å²) in [5.74, 6) is -1.60. The highest BCUT2D eigenvalue weighted by atomic mass is 16.4. The fraction of sp³-hybridized carbons (Fsp3) is 0.375. The first kappa shape index (κ1) is 24.1. The molecular formula is C24H31N3O4. The number of rotatable bonds is 11. The second-order valence-corrected chi connectivity index (χ2v) is 8.01. The Hall–Kier alpha value is -3.19. The van der Waals surface area contributed by atoms with E-state index in [1.54, 1.807) is 12.1 Å². The van der Waals surface area contributed by atoms with Crippen LogP contribution in [0.15, 0.2) is 60.7 Å². The molecule has 0 fully saturated rings. The Morgan fingerprint density at radius 1 is 0.839 bits per heavy atom. The van der Waals surface area contributed by atoms with E-state index in [0.29, 0.717) is 18.5 Å². The maximum atomic E-state index is 13.1. The minimum Gasteiger partial charge on any atom is -0.480 e. The van der Waals surface area contributed by atoms with E-state index in [0.717, 1.165) is 5.56 Å². The van der Waals surface area contributed by atoms with Crippen molar-refractivity contribution in [2.75, 3.05) is 5.32 Å². The molecule has 0 unspecified atom stereocenters. The summed E-state index contributed by atoms with van der Waals surface area (Å²) in [4.78, 5) is 37.3. The zero-order valence-corrected chi connectivity index (χ0v) is 18.2. The molecule has 2 rings (SSSR count). The second kappa shape index (κ2) is 11.9. The minimum absolute atomic E-state index is 0.172. The summed E-state index contributed by atoms with van der Waals surface area (Å²) in [7, 11) is 0. The third kappa shape index (κ3) is 8.22. The smallest absolute Gasteiger partial charge is 0.320 e. The summed E-state index contributed by atoms with van der Waals surface area (Å²) in [5.41, 5.74) is 1.54. The van der Waals surface area contributed by atoms with Crippen molar-refractivity contribution in [3.05, 3.63) is 66.2 Å². The molecule has 0 aliphatic rings. The maximum absolute atomic E-state index is 13.1. The van der Waals surface area contributed by atoms with Crippen molar-refractivity contribution < 1.29 is 19.5 Å². The van der Waals surface area contributed by atoms with E-state index in [4.69, 9.17) is 0 Å². The van der Waals surface area contributed by atoms with E-state index < -0.39 is 30.0 Å². The Morgan fingerprint density at radius 2 is 1.42 bits per heavy atom. The number of carboxylic acid groups (broad SMARTS) is 1. The molecule has 0 aliphatic heterocycles. The van der Waals surface area contributed by atoms with Crippen molar-refractivity contribution in [2.24, 2.45) is 5.92 Å². The number of hydrogen-bond acceptors (Lipinski definition) is 4. The molecule has 0 radical (unpaired) electrons. The van der Waals surface area contributed by atoms with Gasteiger partial charge in [-0.2, -0.15) is 0 Å². The van der Waals surface area contributed by atoms with Crippen molar-refractivity contribution >= 4 is 23.5 Å². The molecule has 0 spiro atoms. The predicted molar refractivity (Wildman–Crippen MR) is 121 cm³/mol. The van der Waals surface area contributed by atoms with Gasteiger partial charge in [0.1, 0.15) is 12.1 Å². The van der Waals surface area contributed by atoms with Crippen molar-refractivity contribution in [1.82, 2.24) is 10.6 Å². The Labute approximate surface area is 183 Å². The lowest BCUT2D eigenvalue weighted by Gasteiger charge is -2.25. The highest BCUT2D eigenvalue weighted by molar-refractivity contribution is 5.98. The van der Waals surface area contributed by atoms with Gasteiger partial charge < -0.3 is 15.7 Å². The van der Waals surface area contributed by atoms with Crippen LogP contribution >= 0.6 is 0 Å². The third-order valence-corrected chi connectivity index (χ3v) is 4.80. The monoisotopic (exact) mass is 425 g/mol. The zero-order chi connectivity index (χ0) is 22.8. The third-order valence-electron chi connectivity index (χ3n) is 4.80. The number of para-hydroxylation sites is 1. The van der Waals surface area contributed by atoms with Gasteiger partial charge in [0.05, 0.1) is 6.04 Å². The minimum atomic E-state index is -1.05. The van der Waals surface area contributed by atoms with Crippen LogP contribution in [0.2, 0.25) is 0 Å². The molecule has 0 aromatic heterocycles. The number of carbonyl (C=O) groups excluding carboxylic acids is 2. The van der Waals surface area contributed by atoms with Gasteiger partial charge in [0.25, 0.3) is 0 Å². The van der Waals surface area contributed by atoms with E-state index in [1.165, 1.54) is 6.92 Å². The lowest BCUT2D eigenvalue weighted by Crippen LogP contribution is -2.55. The molecule has 0 heterocycles. The molecular weight excluding hydrogens is 394 g/mol. The molecule has 0 aliphatic carbocycles. The van der Waals surface area contributed by atoms with Crippen LogP contribution in [0.5, 0.6) is 0 Å². The quantitative estimate of drug-likeness (QED) is 0.443. The number of aliphatic carboxylic acids is 1. The van der Waals surface area contributed by atoms with Gasteiger partial charge in [0, 0.05) is 5.69 Å². The fourth-order valence-electron chi connectivity index (χ4n) is 3.18. The van der Waals surface area contributed by atoms with Crippen LogP contribution < -0.4 is 16.0 Å². The number of amides is 2. The first-order chi connectivity index (χ1) is 14.8. The van der Waals surface area contributed by atoms with E-state index >= 15 is 0 Å². The summed E-state index contributed by atoms with van der Waals surface area (Å²) in [6.45, 7) is 5.43. The fourth-order valence-corrected chi connectivity index (χ4v) is 3.18. The molecule has 7 heteroatoms. The van der Waals surface area contributed by atoms with Gasteiger partial charge >= 0.3 is 5.97 Å². The predicted octanol–water partition coefficient (Wildman–Crippen LogP) is 2.83. The summed E-state index contributed by atoms with van der Waals surface area (Å²) < 4.78 is 0. The molecule has 2 aromatic carbocycles. The average Bonchev–Trinajstić information content (AvgIpc) is 2.73. The summed E-state index contributed by atoms with van der Waals surface area (Å²) >= 11 is 0. The van der Waals surface area contributed by atoms with Gasteiger partial charge in [0.2, 0.25) is 11.8 Å². The molecule has 4 N–H and O–H groups in total. The molecule has 166 valence electrons. The van der Waals surface area contributed by atoms with Crippen LogP contribution in [0.4, 0.5) is 5.69 Å². The highest BCUT2D eigenvalue weighted by Crippen LogP contribution is 2.11. The van der Waals surface area contributed by atoms with Crippen LogP contribution in [-0.4, -0.2) is 41.0 Å². The Kier molecular flexibility index (Phi) is 9.21. The molecule has 2 amide bonds. The van der Waals surface area contributed by atoms with Crippen LogP contribution in [0.25, 0.3) is 0 Å².